The van der Waals surface area contributed by atoms with Crippen molar-refractivity contribution < 1.29 is 15.0 Å². The Morgan fingerprint density at radius 3 is 2.24 bits per heavy atom. The summed E-state index contributed by atoms with van der Waals surface area (Å²) in [5, 5.41) is 24.1. The molecule has 4 nitrogen and oxygen atoms in total. The summed E-state index contributed by atoms with van der Waals surface area (Å²) in [7, 11) is 0. The largest absolute Gasteiger partial charge is 0.509 e. The van der Waals surface area contributed by atoms with E-state index in [1.54, 1.807) is 0 Å². The average molecular weight is 364 g/mol. The Bertz CT molecular complexity index is 693. The number of carbonyl (C=O) groups is 1. The lowest BCUT2D eigenvalue weighted by Gasteiger charge is -2.36. The maximum atomic E-state index is 12.8. The summed E-state index contributed by atoms with van der Waals surface area (Å²) in [6.07, 6.45) is 4.41. The Balaban J connectivity index is 2.09. The van der Waals surface area contributed by atoms with Crippen molar-refractivity contribution in [3.8, 4) is 0 Å². The first-order chi connectivity index (χ1) is 12.0. The number of aliphatic hydroxyl groups excluding tert-OH is 2. The lowest BCUT2D eigenvalue weighted by molar-refractivity contribution is -0.116. The van der Waals surface area contributed by atoms with Crippen LogP contribution in [0.25, 0.3) is 5.57 Å². The highest BCUT2D eigenvalue weighted by Gasteiger charge is 2.48. The molecular formula is C20H26ClNO3. The molecule has 1 aliphatic heterocycles. The van der Waals surface area contributed by atoms with Gasteiger partial charge >= 0.3 is 0 Å². The molecule has 2 aliphatic rings. The molecule has 1 fully saturated rings. The van der Waals surface area contributed by atoms with Gasteiger partial charge in [-0.05, 0) is 73.3 Å². The number of aryl methyl sites for hydroxylation is 2. The second-order valence-corrected chi connectivity index (χ2v) is 7.63. The first-order valence-electron chi connectivity index (χ1n) is 9.14. The van der Waals surface area contributed by atoms with Crippen LogP contribution in [0.2, 0.25) is 5.02 Å². The van der Waals surface area contributed by atoms with E-state index < -0.39 is 5.54 Å². The van der Waals surface area contributed by atoms with Crippen LogP contribution in [0.3, 0.4) is 0 Å². The first kappa shape index (κ1) is 18.3. The predicted octanol–water partition coefficient (Wildman–Crippen LogP) is 3.79. The number of carbonyl (C=O) groups excluding carboxylic acids is 1. The van der Waals surface area contributed by atoms with Crippen molar-refractivity contribution in [3.63, 3.8) is 0 Å². The van der Waals surface area contributed by atoms with Gasteiger partial charge in [-0.15, -0.1) is 0 Å². The van der Waals surface area contributed by atoms with Crippen molar-refractivity contribution in [2.75, 3.05) is 6.61 Å². The maximum absolute atomic E-state index is 12.8. The molecule has 3 rings (SSSR count). The molecule has 5 heteroatoms. The quantitative estimate of drug-likeness (QED) is 0.762. The normalized spacial score (nSPS) is 26.4. The topological polar surface area (TPSA) is 69.6 Å². The molecule has 1 aromatic rings. The number of benzene rings is 1. The third kappa shape index (κ3) is 3.06. The van der Waals surface area contributed by atoms with Crippen LogP contribution in [0, 0.1) is 5.92 Å². The molecule has 136 valence electrons. The molecular weight excluding hydrogens is 338 g/mol. The molecule has 1 spiro atoms. The predicted molar refractivity (Wildman–Crippen MR) is 99.7 cm³/mol. The number of aliphatic hydroxyl groups is 2. The Hall–Kier alpha value is -1.52. The van der Waals surface area contributed by atoms with Gasteiger partial charge in [-0.3, -0.25) is 4.79 Å². The van der Waals surface area contributed by atoms with E-state index in [0.717, 1.165) is 42.4 Å². The van der Waals surface area contributed by atoms with Gasteiger partial charge in [0.15, 0.2) is 0 Å². The molecule has 1 aromatic carbocycles. The number of halogens is 1. The fourth-order valence-corrected chi connectivity index (χ4v) is 4.50. The summed E-state index contributed by atoms with van der Waals surface area (Å²) in [5.41, 5.74) is 2.55. The molecule has 1 heterocycles. The van der Waals surface area contributed by atoms with Crippen molar-refractivity contribution in [1.29, 1.82) is 0 Å². The molecule has 0 unspecified atom stereocenters. The molecule has 0 aromatic heterocycles. The van der Waals surface area contributed by atoms with E-state index in [1.807, 2.05) is 26.0 Å². The van der Waals surface area contributed by atoms with Crippen LogP contribution in [0.15, 0.2) is 17.9 Å². The third-order valence-electron chi connectivity index (χ3n) is 5.77. The summed E-state index contributed by atoms with van der Waals surface area (Å²) in [5.74, 6) is 0.222. The van der Waals surface area contributed by atoms with E-state index in [-0.39, 0.29) is 24.2 Å². The van der Waals surface area contributed by atoms with Gasteiger partial charge in [-0.2, -0.15) is 0 Å². The van der Waals surface area contributed by atoms with Gasteiger partial charge in [0.05, 0.1) is 11.1 Å². The minimum atomic E-state index is -0.673. The first-order valence-corrected chi connectivity index (χ1v) is 9.52. The molecule has 0 saturated heterocycles. The summed E-state index contributed by atoms with van der Waals surface area (Å²) in [6, 6.07) is 3.77. The second-order valence-electron chi connectivity index (χ2n) is 7.19. The number of nitrogens with one attached hydrogen (secondary N) is 1. The SMILES string of the molecule is CCc1cc(Cl)cc(CC)c1C1=C(O)C2(CCC(CO)CC2)NC1=O. The number of hydrogen-bond donors (Lipinski definition) is 3. The van der Waals surface area contributed by atoms with Gasteiger partial charge in [0, 0.05) is 11.6 Å². The van der Waals surface area contributed by atoms with Gasteiger partial charge in [-0.1, -0.05) is 25.4 Å². The summed E-state index contributed by atoms with van der Waals surface area (Å²) in [6.45, 7) is 4.22. The van der Waals surface area contributed by atoms with Gasteiger partial charge < -0.3 is 15.5 Å². The number of amides is 1. The van der Waals surface area contributed by atoms with Crippen molar-refractivity contribution >= 4 is 23.1 Å². The molecule has 3 N–H and O–H groups in total. The van der Waals surface area contributed by atoms with Gasteiger partial charge in [0.1, 0.15) is 5.76 Å². The monoisotopic (exact) mass is 363 g/mol. The van der Waals surface area contributed by atoms with Crippen LogP contribution >= 0.6 is 11.6 Å². The zero-order chi connectivity index (χ0) is 18.2. The van der Waals surface area contributed by atoms with E-state index in [1.165, 1.54) is 0 Å². The van der Waals surface area contributed by atoms with Crippen molar-refractivity contribution in [3.05, 3.63) is 39.6 Å². The van der Waals surface area contributed by atoms with Gasteiger partial charge in [0.25, 0.3) is 5.91 Å². The zero-order valence-electron chi connectivity index (χ0n) is 14.9. The highest BCUT2D eigenvalue weighted by atomic mass is 35.5. The number of rotatable bonds is 4. The Labute approximate surface area is 153 Å². The highest BCUT2D eigenvalue weighted by Crippen LogP contribution is 2.44. The van der Waals surface area contributed by atoms with Crippen molar-refractivity contribution in [2.45, 2.75) is 57.9 Å². The van der Waals surface area contributed by atoms with Gasteiger partial charge in [0.2, 0.25) is 0 Å². The molecule has 0 radical (unpaired) electrons. The third-order valence-corrected chi connectivity index (χ3v) is 5.98. The Kier molecular flexibility index (Phi) is 5.12. The van der Waals surface area contributed by atoms with Crippen LogP contribution in [-0.4, -0.2) is 28.3 Å². The minimum absolute atomic E-state index is 0.165. The van der Waals surface area contributed by atoms with Crippen LogP contribution in [0.5, 0.6) is 0 Å². The van der Waals surface area contributed by atoms with E-state index in [2.05, 4.69) is 5.32 Å². The zero-order valence-corrected chi connectivity index (χ0v) is 15.6. The summed E-state index contributed by atoms with van der Waals surface area (Å²) < 4.78 is 0. The van der Waals surface area contributed by atoms with E-state index in [4.69, 9.17) is 11.6 Å². The van der Waals surface area contributed by atoms with Crippen LogP contribution in [0.1, 0.15) is 56.2 Å². The van der Waals surface area contributed by atoms with E-state index in [0.29, 0.717) is 23.4 Å². The molecule has 1 amide bonds. The Morgan fingerprint density at radius 1 is 1.20 bits per heavy atom. The summed E-state index contributed by atoms with van der Waals surface area (Å²) in [4.78, 5) is 12.8. The maximum Gasteiger partial charge on any atom is 0.256 e. The molecule has 0 atom stereocenters. The van der Waals surface area contributed by atoms with Crippen molar-refractivity contribution in [1.82, 2.24) is 5.32 Å². The molecule has 1 saturated carbocycles. The van der Waals surface area contributed by atoms with Gasteiger partial charge in [-0.25, -0.2) is 0 Å². The number of hydrogen-bond acceptors (Lipinski definition) is 3. The van der Waals surface area contributed by atoms with E-state index in [9.17, 15) is 15.0 Å². The Morgan fingerprint density at radius 2 is 1.76 bits per heavy atom. The molecule has 0 bridgehead atoms. The van der Waals surface area contributed by atoms with Crippen LogP contribution in [-0.2, 0) is 17.6 Å². The fourth-order valence-electron chi connectivity index (χ4n) is 4.24. The molecule has 1 aliphatic carbocycles. The minimum Gasteiger partial charge on any atom is -0.509 e. The fraction of sp³-hybridized carbons (Fsp3) is 0.550. The second kappa shape index (κ2) is 7.00. The smallest absolute Gasteiger partial charge is 0.256 e. The van der Waals surface area contributed by atoms with Crippen LogP contribution in [0.4, 0.5) is 0 Å². The van der Waals surface area contributed by atoms with E-state index >= 15 is 0 Å². The van der Waals surface area contributed by atoms with Crippen molar-refractivity contribution in [2.24, 2.45) is 5.92 Å². The highest BCUT2D eigenvalue weighted by molar-refractivity contribution is 6.31. The standard InChI is InChI=1S/C20H26ClNO3/c1-3-13-9-15(21)10-14(4-2)16(13)17-18(24)20(22-19(17)25)7-5-12(11-23)6-8-20/h9-10,12,23-24H,3-8,11H2,1-2H3,(H,22,25). The summed E-state index contributed by atoms with van der Waals surface area (Å²) >= 11 is 6.23. The lowest BCUT2D eigenvalue weighted by atomic mass is 9.75. The average Bonchev–Trinajstić information content (AvgIpc) is 2.85. The molecule has 25 heavy (non-hydrogen) atoms. The van der Waals surface area contributed by atoms with Crippen LogP contribution < -0.4 is 5.32 Å². The lowest BCUT2D eigenvalue weighted by Crippen LogP contribution is -2.47.